The van der Waals surface area contributed by atoms with E-state index in [-0.39, 0.29) is 11.4 Å². The van der Waals surface area contributed by atoms with Gasteiger partial charge in [0.15, 0.2) is 0 Å². The van der Waals surface area contributed by atoms with Crippen molar-refractivity contribution in [3.05, 3.63) is 29.1 Å². The van der Waals surface area contributed by atoms with Crippen molar-refractivity contribution in [3.63, 3.8) is 0 Å². The Morgan fingerprint density at radius 3 is 3.00 bits per heavy atom. The summed E-state index contributed by atoms with van der Waals surface area (Å²) in [7, 11) is 0. The number of hydrogen-bond donors (Lipinski definition) is 1. The van der Waals surface area contributed by atoms with Crippen LogP contribution in [0.3, 0.4) is 0 Å². The first-order valence-electron chi connectivity index (χ1n) is 4.18. The molecule has 0 saturated heterocycles. The lowest BCUT2D eigenvalue weighted by Gasteiger charge is -2.02. The molecule has 2 rings (SSSR count). The van der Waals surface area contributed by atoms with Crippen molar-refractivity contribution < 1.29 is 14.2 Å². The van der Waals surface area contributed by atoms with Crippen molar-refractivity contribution >= 4 is 18.7 Å². The van der Waals surface area contributed by atoms with Crippen molar-refractivity contribution in [2.24, 2.45) is 0 Å². The van der Waals surface area contributed by atoms with E-state index in [1.165, 1.54) is 6.07 Å². The molecule has 66 valence electrons. The van der Waals surface area contributed by atoms with Crippen LogP contribution < -0.4 is 5.46 Å². The van der Waals surface area contributed by atoms with Crippen LogP contribution in [0.1, 0.15) is 15.9 Å². The number of benzene rings is 1. The molecule has 0 amide bonds. The molecule has 0 spiro atoms. The van der Waals surface area contributed by atoms with Gasteiger partial charge in [-0.1, -0.05) is 6.07 Å². The Hall–Kier alpha value is -1.16. The fourth-order valence-electron chi connectivity index (χ4n) is 1.75. The summed E-state index contributed by atoms with van der Waals surface area (Å²) in [6, 6.07) is 2.77. The van der Waals surface area contributed by atoms with Gasteiger partial charge in [-0.2, -0.15) is 0 Å². The lowest BCUT2D eigenvalue weighted by atomic mass is 9.63. The average molecular weight is 178 g/mol. The fraction of sp³-hybridized carbons (Fsp3) is 0.222. The molecule has 1 N–H and O–H groups in total. The summed E-state index contributed by atoms with van der Waals surface area (Å²) >= 11 is 0. The lowest BCUT2D eigenvalue weighted by Crippen LogP contribution is -2.27. The molecule has 0 bridgehead atoms. The first-order valence-corrected chi connectivity index (χ1v) is 4.18. The SMILES string of the molecule is O=Cc1cc(F)c2c(c1)B(O)CC2. The number of halogens is 1. The quantitative estimate of drug-likeness (QED) is 0.498. The zero-order valence-corrected chi connectivity index (χ0v) is 6.96. The van der Waals surface area contributed by atoms with Crippen LogP contribution in [0.2, 0.25) is 6.32 Å². The van der Waals surface area contributed by atoms with Crippen molar-refractivity contribution in [1.82, 2.24) is 0 Å². The standard InChI is InChI=1S/C9H8BFO2/c11-9-4-6(5-12)3-8-7(9)1-2-10(8)13/h3-5,13H,1-2H2. The molecule has 1 aliphatic rings. The summed E-state index contributed by atoms with van der Waals surface area (Å²) in [6.45, 7) is -0.607. The molecular formula is C9H8BFO2. The molecule has 0 aliphatic carbocycles. The fourth-order valence-corrected chi connectivity index (χ4v) is 1.75. The summed E-state index contributed by atoms with van der Waals surface area (Å²) in [6.07, 6.45) is 1.70. The minimum atomic E-state index is -0.607. The zero-order valence-electron chi connectivity index (χ0n) is 6.96. The molecule has 1 aromatic carbocycles. The van der Waals surface area contributed by atoms with Crippen molar-refractivity contribution in [2.75, 3.05) is 0 Å². The van der Waals surface area contributed by atoms with Crippen LogP contribution >= 0.6 is 0 Å². The number of hydrogen-bond acceptors (Lipinski definition) is 2. The first kappa shape index (κ1) is 8.44. The van der Waals surface area contributed by atoms with Crippen LogP contribution in [0.5, 0.6) is 0 Å². The van der Waals surface area contributed by atoms with E-state index in [1.54, 1.807) is 6.07 Å². The highest BCUT2D eigenvalue weighted by Crippen LogP contribution is 2.17. The highest BCUT2D eigenvalue weighted by Gasteiger charge is 2.27. The molecule has 13 heavy (non-hydrogen) atoms. The molecule has 0 unspecified atom stereocenters. The van der Waals surface area contributed by atoms with E-state index in [4.69, 9.17) is 0 Å². The number of aldehydes is 1. The summed E-state index contributed by atoms with van der Waals surface area (Å²) in [5, 5.41) is 9.44. The van der Waals surface area contributed by atoms with Crippen LogP contribution in [0, 0.1) is 5.82 Å². The first-order chi connectivity index (χ1) is 6.22. The second-order valence-electron chi connectivity index (χ2n) is 3.24. The Morgan fingerprint density at radius 1 is 1.54 bits per heavy atom. The van der Waals surface area contributed by atoms with E-state index in [1.807, 2.05) is 0 Å². The van der Waals surface area contributed by atoms with Crippen molar-refractivity contribution in [3.8, 4) is 0 Å². The number of fused-ring (bicyclic) bond motifs is 1. The van der Waals surface area contributed by atoms with Gasteiger partial charge >= 0.3 is 6.92 Å². The van der Waals surface area contributed by atoms with Gasteiger partial charge in [0.05, 0.1) is 0 Å². The summed E-state index contributed by atoms with van der Waals surface area (Å²) in [4.78, 5) is 10.4. The van der Waals surface area contributed by atoms with E-state index in [9.17, 15) is 14.2 Å². The highest BCUT2D eigenvalue weighted by molar-refractivity contribution is 6.68. The summed E-state index contributed by atoms with van der Waals surface area (Å²) in [5.74, 6) is -0.379. The molecule has 0 aromatic heterocycles. The molecule has 0 saturated carbocycles. The van der Waals surface area contributed by atoms with Crippen LogP contribution in [0.4, 0.5) is 4.39 Å². The predicted octanol–water partition coefficient (Wildman–Crippen LogP) is 0.385. The van der Waals surface area contributed by atoms with Gasteiger partial charge in [0.2, 0.25) is 0 Å². The van der Waals surface area contributed by atoms with Gasteiger partial charge in [0.1, 0.15) is 12.1 Å². The maximum absolute atomic E-state index is 13.2. The Labute approximate surface area is 75.5 Å². The number of rotatable bonds is 1. The van der Waals surface area contributed by atoms with Gasteiger partial charge in [-0.25, -0.2) is 4.39 Å². The Bertz CT molecular complexity index is 365. The Balaban J connectivity index is 2.59. The monoisotopic (exact) mass is 178 g/mol. The zero-order chi connectivity index (χ0) is 9.42. The van der Waals surface area contributed by atoms with Crippen molar-refractivity contribution in [1.29, 1.82) is 0 Å². The largest absolute Gasteiger partial charge is 0.446 e. The third-order valence-corrected chi connectivity index (χ3v) is 2.42. The van der Waals surface area contributed by atoms with Gasteiger partial charge in [-0.15, -0.1) is 0 Å². The van der Waals surface area contributed by atoms with Gasteiger partial charge in [-0.3, -0.25) is 4.79 Å². The third-order valence-electron chi connectivity index (χ3n) is 2.42. The molecule has 0 fully saturated rings. The van der Waals surface area contributed by atoms with Crippen LogP contribution in [0.15, 0.2) is 12.1 Å². The molecule has 4 heteroatoms. The van der Waals surface area contributed by atoms with Crippen LogP contribution in [-0.4, -0.2) is 18.2 Å². The summed E-state index contributed by atoms with van der Waals surface area (Å²) in [5.41, 5.74) is 1.41. The second-order valence-corrected chi connectivity index (χ2v) is 3.24. The maximum atomic E-state index is 13.2. The predicted molar refractivity (Wildman–Crippen MR) is 47.9 cm³/mol. The van der Waals surface area contributed by atoms with E-state index >= 15 is 0 Å². The van der Waals surface area contributed by atoms with E-state index in [2.05, 4.69) is 0 Å². The van der Waals surface area contributed by atoms with Gasteiger partial charge in [0.25, 0.3) is 0 Å². The van der Waals surface area contributed by atoms with Gasteiger partial charge < -0.3 is 5.02 Å². The Kier molecular flexibility index (Phi) is 1.92. The molecule has 1 aliphatic heterocycles. The minimum Gasteiger partial charge on any atom is -0.446 e. The van der Waals surface area contributed by atoms with Crippen LogP contribution in [-0.2, 0) is 6.42 Å². The van der Waals surface area contributed by atoms with Crippen LogP contribution in [0.25, 0.3) is 0 Å². The Morgan fingerprint density at radius 2 is 2.31 bits per heavy atom. The highest BCUT2D eigenvalue weighted by atomic mass is 19.1. The number of carbonyl (C=O) groups excluding carboxylic acids is 1. The second kappa shape index (κ2) is 2.96. The molecular weight excluding hydrogens is 170 g/mol. The molecule has 1 aromatic rings. The third kappa shape index (κ3) is 1.27. The molecule has 2 nitrogen and oxygen atoms in total. The summed E-state index contributed by atoms with van der Waals surface area (Å²) < 4.78 is 13.2. The maximum Gasteiger partial charge on any atom is 0.324 e. The topological polar surface area (TPSA) is 37.3 Å². The van der Waals surface area contributed by atoms with E-state index < -0.39 is 6.92 Å². The minimum absolute atomic E-state index is 0.289. The molecule has 0 radical (unpaired) electrons. The smallest absolute Gasteiger partial charge is 0.324 e. The van der Waals surface area contributed by atoms with E-state index in [0.29, 0.717) is 30.1 Å². The molecule has 0 atom stereocenters. The average Bonchev–Trinajstić information content (AvgIpc) is 2.48. The molecule has 1 heterocycles. The van der Waals surface area contributed by atoms with Gasteiger partial charge in [0, 0.05) is 5.56 Å². The van der Waals surface area contributed by atoms with Crippen molar-refractivity contribution in [2.45, 2.75) is 12.7 Å². The van der Waals surface area contributed by atoms with E-state index in [0.717, 1.165) is 0 Å². The lowest BCUT2D eigenvalue weighted by molar-refractivity contribution is 0.112. The number of carbonyl (C=O) groups is 1. The van der Waals surface area contributed by atoms with Gasteiger partial charge in [-0.05, 0) is 29.8 Å². The normalized spacial score (nSPS) is 14.5.